The second-order valence-electron chi connectivity index (χ2n) is 8.60. The van der Waals surface area contributed by atoms with Crippen molar-refractivity contribution in [3.05, 3.63) is 83.7 Å². The van der Waals surface area contributed by atoms with E-state index in [0.29, 0.717) is 24.4 Å². The summed E-state index contributed by atoms with van der Waals surface area (Å²) in [6.07, 6.45) is 1.81. The number of carbonyl (C=O) groups excluding carboxylic acids is 3. The Labute approximate surface area is 193 Å². The summed E-state index contributed by atoms with van der Waals surface area (Å²) in [7, 11) is 3.15. The first-order valence-electron chi connectivity index (χ1n) is 11.0. The van der Waals surface area contributed by atoms with Gasteiger partial charge in [0.05, 0.1) is 18.7 Å². The van der Waals surface area contributed by atoms with Gasteiger partial charge in [-0.1, -0.05) is 48.5 Å². The number of para-hydroxylation sites is 1. The number of aromatic nitrogens is 1. The average Bonchev–Trinajstić information content (AvgIpc) is 3.18. The Bertz CT molecular complexity index is 1230. The first-order valence-corrected chi connectivity index (χ1v) is 11.0. The molecule has 0 saturated heterocycles. The highest BCUT2D eigenvalue weighted by Crippen LogP contribution is 2.33. The minimum Gasteiger partial charge on any atom is -0.469 e. The van der Waals surface area contributed by atoms with Crippen molar-refractivity contribution in [2.75, 3.05) is 20.7 Å². The van der Waals surface area contributed by atoms with E-state index in [1.165, 1.54) is 14.0 Å². The number of fused-ring (bicyclic) bond motifs is 1. The number of Topliss-reactive ketones (excluding diaryl/α,β-unsaturated/α-hetero) is 2. The Morgan fingerprint density at radius 3 is 2.42 bits per heavy atom. The first kappa shape index (κ1) is 22.5. The maximum absolute atomic E-state index is 13.7. The van der Waals surface area contributed by atoms with Crippen molar-refractivity contribution in [2.45, 2.75) is 19.9 Å². The van der Waals surface area contributed by atoms with Gasteiger partial charge in [-0.3, -0.25) is 14.4 Å². The van der Waals surface area contributed by atoms with Gasteiger partial charge in [-0.05, 0) is 24.6 Å². The fourth-order valence-corrected chi connectivity index (χ4v) is 4.72. The van der Waals surface area contributed by atoms with Crippen molar-refractivity contribution in [3.63, 3.8) is 0 Å². The van der Waals surface area contributed by atoms with E-state index in [1.807, 2.05) is 77.2 Å². The summed E-state index contributed by atoms with van der Waals surface area (Å²) in [5.74, 6) is -1.76. The van der Waals surface area contributed by atoms with Crippen LogP contribution in [0.4, 0.5) is 0 Å². The van der Waals surface area contributed by atoms with Gasteiger partial charge >= 0.3 is 5.97 Å². The lowest BCUT2D eigenvalue weighted by molar-refractivity contribution is -0.147. The van der Waals surface area contributed by atoms with E-state index in [9.17, 15) is 14.4 Å². The number of hydrogen-bond donors (Lipinski definition) is 0. The fourth-order valence-electron chi connectivity index (χ4n) is 4.72. The van der Waals surface area contributed by atoms with Gasteiger partial charge in [0.1, 0.15) is 0 Å². The van der Waals surface area contributed by atoms with Crippen LogP contribution in [0, 0.1) is 11.8 Å². The molecule has 0 bridgehead atoms. The monoisotopic (exact) mass is 444 g/mol. The molecule has 1 aliphatic heterocycles. The van der Waals surface area contributed by atoms with Gasteiger partial charge < -0.3 is 14.2 Å². The number of ketones is 2. The van der Waals surface area contributed by atoms with E-state index in [1.54, 1.807) is 6.20 Å². The zero-order valence-electron chi connectivity index (χ0n) is 19.2. The van der Waals surface area contributed by atoms with E-state index in [4.69, 9.17) is 4.74 Å². The quantitative estimate of drug-likeness (QED) is 0.406. The third kappa shape index (κ3) is 4.60. The number of hydrogen-bond acceptors (Lipinski definition) is 5. The van der Waals surface area contributed by atoms with Crippen LogP contribution in [0.25, 0.3) is 10.9 Å². The Hall–Kier alpha value is -3.67. The number of benzene rings is 2. The zero-order chi connectivity index (χ0) is 23.5. The van der Waals surface area contributed by atoms with Crippen LogP contribution in [0.15, 0.2) is 72.4 Å². The van der Waals surface area contributed by atoms with Crippen molar-refractivity contribution in [1.29, 1.82) is 0 Å². The summed E-state index contributed by atoms with van der Waals surface area (Å²) < 4.78 is 7.03. The molecule has 1 aliphatic rings. The second kappa shape index (κ2) is 9.45. The summed E-state index contributed by atoms with van der Waals surface area (Å²) in [6, 6.07) is 19.8. The minimum atomic E-state index is -0.584. The predicted octanol–water partition coefficient (Wildman–Crippen LogP) is 4.09. The number of nitrogens with zero attached hydrogens (tertiary/aromatic N) is 2. The van der Waals surface area contributed by atoms with Gasteiger partial charge in [0.2, 0.25) is 0 Å². The van der Waals surface area contributed by atoms with Crippen LogP contribution < -0.4 is 0 Å². The second-order valence-corrected chi connectivity index (χ2v) is 8.60. The van der Waals surface area contributed by atoms with Crippen LogP contribution in [0.3, 0.4) is 0 Å². The molecule has 0 spiro atoms. The maximum atomic E-state index is 13.7. The lowest BCUT2D eigenvalue weighted by atomic mass is 9.78. The van der Waals surface area contributed by atoms with E-state index in [2.05, 4.69) is 0 Å². The maximum Gasteiger partial charge on any atom is 0.311 e. The van der Waals surface area contributed by atoms with Gasteiger partial charge in [-0.25, -0.2) is 0 Å². The molecule has 170 valence electrons. The molecule has 2 aromatic carbocycles. The van der Waals surface area contributed by atoms with Crippen LogP contribution >= 0.6 is 0 Å². The molecule has 0 amide bonds. The molecule has 0 saturated carbocycles. The van der Waals surface area contributed by atoms with Crippen molar-refractivity contribution in [1.82, 2.24) is 9.47 Å². The largest absolute Gasteiger partial charge is 0.469 e. The summed E-state index contributed by atoms with van der Waals surface area (Å²) in [4.78, 5) is 40.5. The molecule has 6 nitrogen and oxygen atoms in total. The summed E-state index contributed by atoms with van der Waals surface area (Å²) in [6.45, 7) is 2.43. The number of esters is 1. The number of methoxy groups -OCH3 is 1. The Morgan fingerprint density at radius 2 is 1.73 bits per heavy atom. The third-order valence-corrected chi connectivity index (χ3v) is 6.32. The van der Waals surface area contributed by atoms with Crippen molar-refractivity contribution >= 4 is 28.4 Å². The standard InChI is InChI=1S/C27H28N2O4/c1-18(30)22-16-28(2)17-23(27(32)33-3)21(22)14-26(31)25-13-20-11-7-8-12-24(20)29(25)15-19-9-5-4-6-10-19/h4-13,16,21,23H,14-15,17H2,1-3H3/t21-,23+/m0/s1. The van der Waals surface area contributed by atoms with E-state index in [-0.39, 0.29) is 18.0 Å². The molecule has 0 N–H and O–H groups in total. The number of carbonyl (C=O) groups is 3. The molecule has 2 atom stereocenters. The topological polar surface area (TPSA) is 68.6 Å². The predicted molar refractivity (Wildman–Crippen MR) is 127 cm³/mol. The number of ether oxygens (including phenoxy) is 1. The Kier molecular flexibility index (Phi) is 6.45. The van der Waals surface area contributed by atoms with Crippen molar-refractivity contribution in [3.8, 4) is 0 Å². The first-order chi connectivity index (χ1) is 15.9. The summed E-state index contributed by atoms with van der Waals surface area (Å²) in [5, 5.41) is 0.979. The highest BCUT2D eigenvalue weighted by atomic mass is 16.5. The normalized spacial score (nSPS) is 18.2. The molecular formula is C27H28N2O4. The molecule has 6 heteroatoms. The Balaban J connectivity index is 1.73. The number of allylic oxidation sites excluding steroid dienone is 1. The highest BCUT2D eigenvalue weighted by Gasteiger charge is 2.39. The fraction of sp³-hybridized carbons (Fsp3) is 0.296. The minimum absolute atomic E-state index is 0.0597. The molecule has 0 unspecified atom stereocenters. The lowest BCUT2D eigenvalue weighted by Crippen LogP contribution is -2.41. The molecule has 0 aliphatic carbocycles. The van der Waals surface area contributed by atoms with E-state index < -0.39 is 17.8 Å². The van der Waals surface area contributed by atoms with Crippen LogP contribution in [-0.2, 0) is 20.9 Å². The van der Waals surface area contributed by atoms with Crippen molar-refractivity contribution in [2.24, 2.45) is 11.8 Å². The molecule has 1 aromatic heterocycles. The van der Waals surface area contributed by atoms with Crippen LogP contribution in [0.2, 0.25) is 0 Å². The molecule has 0 radical (unpaired) electrons. The molecule has 0 fully saturated rings. The Morgan fingerprint density at radius 1 is 1.03 bits per heavy atom. The summed E-state index contributed by atoms with van der Waals surface area (Å²) >= 11 is 0. The van der Waals surface area contributed by atoms with Gasteiger partial charge in [-0.15, -0.1) is 0 Å². The molecule has 4 rings (SSSR count). The van der Waals surface area contributed by atoms with Crippen LogP contribution in [-0.4, -0.2) is 47.7 Å². The third-order valence-electron chi connectivity index (χ3n) is 6.32. The lowest BCUT2D eigenvalue weighted by Gasteiger charge is -2.34. The molecule has 33 heavy (non-hydrogen) atoms. The van der Waals surface area contributed by atoms with Gasteiger partial charge in [-0.2, -0.15) is 0 Å². The van der Waals surface area contributed by atoms with Crippen LogP contribution in [0.5, 0.6) is 0 Å². The smallest absolute Gasteiger partial charge is 0.311 e. The van der Waals surface area contributed by atoms with Gasteiger partial charge in [0.15, 0.2) is 11.6 Å². The molecule has 3 aromatic rings. The van der Waals surface area contributed by atoms with Gasteiger partial charge in [0.25, 0.3) is 0 Å². The molecule has 2 heterocycles. The van der Waals surface area contributed by atoms with Crippen molar-refractivity contribution < 1.29 is 19.1 Å². The SMILES string of the molecule is COC(=O)[C@@H]1CN(C)C=C(C(C)=O)[C@@H]1CC(=O)c1cc2ccccc2n1Cc1ccccc1. The molecular weight excluding hydrogens is 416 g/mol. The van der Waals surface area contributed by atoms with Gasteiger partial charge in [0, 0.05) is 55.2 Å². The zero-order valence-corrected chi connectivity index (χ0v) is 19.2. The summed E-state index contributed by atoms with van der Waals surface area (Å²) in [5.41, 5.74) is 3.12. The highest BCUT2D eigenvalue weighted by molar-refractivity contribution is 6.02. The van der Waals surface area contributed by atoms with Crippen LogP contribution in [0.1, 0.15) is 29.4 Å². The van der Waals surface area contributed by atoms with E-state index >= 15 is 0 Å². The van der Waals surface area contributed by atoms with E-state index in [0.717, 1.165) is 16.5 Å². The average molecular weight is 445 g/mol. The number of rotatable bonds is 7.